The Bertz CT molecular complexity index is 522. The molecule has 0 rings (SSSR count). The van der Waals surface area contributed by atoms with Gasteiger partial charge in [-0.15, -0.1) is 0 Å². The third-order valence-electron chi connectivity index (χ3n) is 3.00. The number of halogens is 2. The zero-order valence-corrected chi connectivity index (χ0v) is 19.7. The lowest BCUT2D eigenvalue weighted by atomic mass is 10.2. The van der Waals surface area contributed by atoms with Gasteiger partial charge in [0, 0.05) is 20.1 Å². The highest BCUT2D eigenvalue weighted by Gasteiger charge is 2.23. The summed E-state index contributed by atoms with van der Waals surface area (Å²) in [4.78, 5) is 30.6. The monoisotopic (exact) mass is 562 g/mol. The molecule has 0 aliphatic carbocycles. The lowest BCUT2D eigenvalue weighted by Crippen LogP contribution is -2.38. The smallest absolute Gasteiger partial charge is 0.277 e. The first-order valence-electron chi connectivity index (χ1n) is 7.59. The van der Waals surface area contributed by atoms with Crippen LogP contribution in [0.5, 0.6) is 0 Å². The fraction of sp³-hybridized carbons (Fsp3) is 0.533. The molecule has 11 heteroatoms. The largest absolute Gasteiger partial charge is 0.377 e. The molecule has 8 nitrogen and oxygen atoms in total. The number of carbonyl (C=O) groups is 2. The van der Waals surface area contributed by atoms with E-state index >= 15 is 0 Å². The van der Waals surface area contributed by atoms with Gasteiger partial charge in [-0.05, 0) is 35.7 Å². The zero-order valence-electron chi connectivity index (χ0n) is 15.0. The van der Waals surface area contributed by atoms with Gasteiger partial charge < -0.3 is 19.1 Å². The number of alkyl halides is 1. The summed E-state index contributed by atoms with van der Waals surface area (Å²) in [6.45, 7) is 12.1. The first-order chi connectivity index (χ1) is 12.4. The van der Waals surface area contributed by atoms with E-state index in [0.717, 1.165) is 5.57 Å². The molecule has 0 spiro atoms. The Labute approximate surface area is 177 Å². The molecule has 0 aromatic rings. The fourth-order valence-electron chi connectivity index (χ4n) is 1.94. The first-order valence-corrected chi connectivity index (χ1v) is 12.7. The quantitative estimate of drug-likeness (QED) is 0.0379. The lowest BCUT2D eigenvalue weighted by molar-refractivity contribution is -0.123. The van der Waals surface area contributed by atoms with Gasteiger partial charge in [0.1, 0.15) is 5.70 Å². The van der Waals surface area contributed by atoms with E-state index < -0.39 is 5.91 Å². The molecule has 0 heterocycles. The van der Waals surface area contributed by atoms with Crippen molar-refractivity contribution in [3.05, 3.63) is 23.7 Å². The van der Waals surface area contributed by atoms with E-state index in [1.54, 1.807) is 16.8 Å². The molecule has 0 bridgehead atoms. The lowest BCUT2D eigenvalue weighted by Gasteiger charge is -2.29. The molecule has 0 saturated heterocycles. The number of likely N-dealkylation sites (N-methyl/N-ethyl adjacent to an activating group) is 1. The highest BCUT2D eigenvalue weighted by Crippen LogP contribution is 2.21. The van der Waals surface area contributed by atoms with Crippen molar-refractivity contribution >= 4 is 63.5 Å². The topological polar surface area (TPSA) is 83.5 Å². The first kappa shape index (κ1) is 25.4. The van der Waals surface area contributed by atoms with Crippen molar-refractivity contribution in [3.8, 4) is 0 Å². The van der Waals surface area contributed by atoms with Crippen molar-refractivity contribution in [2.75, 3.05) is 45.4 Å². The SMILES string of the molecule is C=N/C(=C(/C(=O)NC=O)N(CBr)CC(=C)C)N(C)CCOCCOPI. The molecule has 0 radical (unpaired) electrons. The Morgan fingerprint density at radius 1 is 1.42 bits per heavy atom. The summed E-state index contributed by atoms with van der Waals surface area (Å²) >= 11 is 5.51. The third kappa shape index (κ3) is 9.96. The van der Waals surface area contributed by atoms with E-state index in [9.17, 15) is 9.59 Å². The molecule has 1 N–H and O–H groups in total. The van der Waals surface area contributed by atoms with Crippen LogP contribution in [0.1, 0.15) is 6.92 Å². The summed E-state index contributed by atoms with van der Waals surface area (Å²) in [5.74, 6) is -0.217. The highest BCUT2D eigenvalue weighted by molar-refractivity contribution is 14.2. The molecule has 26 heavy (non-hydrogen) atoms. The summed E-state index contributed by atoms with van der Waals surface area (Å²) in [6.07, 6.45) is 0.340. The van der Waals surface area contributed by atoms with Crippen LogP contribution in [0.3, 0.4) is 0 Å². The van der Waals surface area contributed by atoms with E-state index in [-0.39, 0.29) is 5.70 Å². The van der Waals surface area contributed by atoms with E-state index in [1.807, 2.05) is 6.92 Å². The summed E-state index contributed by atoms with van der Waals surface area (Å²) in [7, 11) is 1.78. The molecule has 0 fully saturated rings. The molecule has 0 aliphatic rings. The van der Waals surface area contributed by atoms with Gasteiger partial charge in [0.05, 0.1) is 31.7 Å². The Kier molecular flexibility index (Phi) is 15.2. The van der Waals surface area contributed by atoms with Crippen molar-refractivity contribution in [2.24, 2.45) is 4.99 Å². The number of hydrogen-bond donors (Lipinski definition) is 1. The molecule has 1 unspecified atom stereocenters. The number of hydrogen-bond acceptors (Lipinski definition) is 7. The second-order valence-electron chi connectivity index (χ2n) is 5.16. The number of imide groups is 1. The van der Waals surface area contributed by atoms with Crippen LogP contribution in [0.15, 0.2) is 28.7 Å². The van der Waals surface area contributed by atoms with Crippen molar-refractivity contribution in [1.29, 1.82) is 0 Å². The number of ether oxygens (including phenoxy) is 1. The zero-order chi connectivity index (χ0) is 19.9. The summed E-state index contributed by atoms with van der Waals surface area (Å²) in [6, 6.07) is 0. The van der Waals surface area contributed by atoms with Crippen LogP contribution in [0.2, 0.25) is 0 Å². The molecule has 0 aromatic heterocycles. The van der Waals surface area contributed by atoms with Crippen molar-refractivity contribution in [1.82, 2.24) is 15.1 Å². The number of amides is 2. The van der Waals surface area contributed by atoms with Gasteiger partial charge in [-0.2, -0.15) is 0 Å². The number of carbonyl (C=O) groups excluding carboxylic acids is 2. The maximum Gasteiger partial charge on any atom is 0.277 e. The predicted octanol–water partition coefficient (Wildman–Crippen LogP) is 2.27. The van der Waals surface area contributed by atoms with Gasteiger partial charge in [-0.25, -0.2) is 4.99 Å². The Morgan fingerprint density at radius 2 is 2.12 bits per heavy atom. The van der Waals surface area contributed by atoms with Crippen LogP contribution in [0, 0.1) is 0 Å². The van der Waals surface area contributed by atoms with Crippen LogP contribution in [-0.4, -0.2) is 74.2 Å². The number of nitrogens with zero attached hydrogens (tertiary/aromatic N) is 3. The minimum Gasteiger partial charge on any atom is -0.377 e. The third-order valence-corrected chi connectivity index (χ3v) is 4.86. The molecule has 2 amide bonds. The fourth-order valence-corrected chi connectivity index (χ4v) is 3.19. The molecular formula is C15H25BrIN4O4P. The van der Waals surface area contributed by atoms with Gasteiger partial charge in [0.15, 0.2) is 5.82 Å². The number of nitrogens with one attached hydrogen (secondary N) is 1. The van der Waals surface area contributed by atoms with Gasteiger partial charge in [-0.1, -0.05) is 28.1 Å². The maximum absolute atomic E-state index is 12.4. The number of rotatable bonds is 15. The van der Waals surface area contributed by atoms with Gasteiger partial charge >= 0.3 is 0 Å². The normalized spacial score (nSPS) is 11.8. The van der Waals surface area contributed by atoms with Crippen molar-refractivity contribution in [2.45, 2.75) is 6.92 Å². The van der Waals surface area contributed by atoms with E-state index in [0.29, 0.717) is 57.0 Å². The second-order valence-corrected chi connectivity index (χ2v) is 7.42. The van der Waals surface area contributed by atoms with Crippen molar-refractivity contribution in [3.63, 3.8) is 0 Å². The summed E-state index contributed by atoms with van der Waals surface area (Å²) in [5, 5.41) is 2.16. The average molecular weight is 563 g/mol. The summed E-state index contributed by atoms with van der Waals surface area (Å²) < 4.78 is 10.7. The van der Waals surface area contributed by atoms with Crippen LogP contribution >= 0.6 is 44.4 Å². The molecule has 0 aliphatic heterocycles. The van der Waals surface area contributed by atoms with Crippen LogP contribution < -0.4 is 5.32 Å². The molecular weight excluding hydrogens is 538 g/mol. The summed E-state index contributed by atoms with van der Waals surface area (Å²) in [5.41, 5.74) is 1.44. The van der Waals surface area contributed by atoms with E-state index in [4.69, 9.17) is 9.26 Å². The number of aliphatic imine (C=N–C) groups is 1. The minimum atomic E-state index is -0.563. The molecule has 1 atom stereocenters. The standard InChI is InChI=1S/C15H25BrIN4O4P/c1-12(2)9-21(10-16)13(15(23)19-11-22)14(18-3)20(4)5-6-24-7-8-25-26-17/h11,26H,1,3,5-10H2,2,4H3,(H,19,22,23)/b14-13+. The van der Waals surface area contributed by atoms with Gasteiger partial charge in [-0.3, -0.25) is 14.9 Å². The molecule has 0 saturated carbocycles. The second kappa shape index (κ2) is 15.5. The maximum atomic E-state index is 12.4. The van der Waals surface area contributed by atoms with Crippen LogP contribution in [0.25, 0.3) is 0 Å². The Morgan fingerprint density at radius 3 is 2.62 bits per heavy atom. The average Bonchev–Trinajstić information content (AvgIpc) is 2.60. The Hall–Kier alpha value is -0.550. The van der Waals surface area contributed by atoms with Gasteiger partial charge in [0.25, 0.3) is 5.91 Å². The predicted molar refractivity (Wildman–Crippen MR) is 118 cm³/mol. The molecule has 0 aromatic carbocycles. The van der Waals surface area contributed by atoms with Gasteiger partial charge in [0.2, 0.25) is 6.41 Å². The molecule has 148 valence electrons. The minimum absolute atomic E-state index is 0.226. The van der Waals surface area contributed by atoms with Crippen LogP contribution in [-0.2, 0) is 18.8 Å². The van der Waals surface area contributed by atoms with Crippen molar-refractivity contribution < 1.29 is 18.8 Å². The van der Waals surface area contributed by atoms with E-state index in [1.165, 1.54) is 0 Å². The van der Waals surface area contributed by atoms with E-state index in [2.05, 4.69) is 61.6 Å². The van der Waals surface area contributed by atoms with Crippen LogP contribution in [0.4, 0.5) is 0 Å². The Balaban J connectivity index is 5.30. The highest BCUT2D eigenvalue weighted by atomic mass is 127.